The molecule has 10 heteroatoms. The molecule has 1 aliphatic heterocycles. The van der Waals surface area contributed by atoms with Gasteiger partial charge >= 0.3 is 6.18 Å². The van der Waals surface area contributed by atoms with Gasteiger partial charge in [0.25, 0.3) is 0 Å². The first-order chi connectivity index (χ1) is 17.7. The van der Waals surface area contributed by atoms with Crippen LogP contribution in [0.15, 0.2) is 60.4 Å². The Hall–Kier alpha value is -4.49. The Morgan fingerprint density at radius 1 is 1.05 bits per heavy atom. The van der Waals surface area contributed by atoms with Crippen LogP contribution in [0.3, 0.4) is 0 Å². The molecule has 0 aliphatic carbocycles. The molecule has 0 atom stereocenters. The number of rotatable bonds is 8. The smallest absolute Gasteiger partial charge is 0.420 e. The van der Waals surface area contributed by atoms with Gasteiger partial charge in [0, 0.05) is 6.07 Å². The normalized spacial score (nSPS) is 13.6. The van der Waals surface area contributed by atoms with E-state index in [-0.39, 0.29) is 28.6 Å². The van der Waals surface area contributed by atoms with E-state index in [0.717, 1.165) is 12.1 Å². The Kier molecular flexibility index (Phi) is 7.36. The first-order valence-corrected chi connectivity index (χ1v) is 11.1. The minimum atomic E-state index is -4.73. The molecule has 3 aromatic rings. The van der Waals surface area contributed by atoms with Gasteiger partial charge in [-0.2, -0.15) is 18.4 Å². The van der Waals surface area contributed by atoms with Gasteiger partial charge in [-0.25, -0.2) is 0 Å². The fourth-order valence-electron chi connectivity index (χ4n) is 3.57. The number of benzene rings is 3. The number of ketones is 1. The van der Waals surface area contributed by atoms with Crippen molar-refractivity contribution in [2.24, 2.45) is 5.73 Å². The van der Waals surface area contributed by atoms with Gasteiger partial charge in [0.2, 0.25) is 5.78 Å². The molecule has 1 aliphatic rings. The van der Waals surface area contributed by atoms with Crippen LogP contribution in [0.25, 0.3) is 6.08 Å². The third kappa shape index (κ3) is 5.68. The number of ether oxygens (including phenoxy) is 4. The summed E-state index contributed by atoms with van der Waals surface area (Å²) in [6.45, 7) is 0.935. The number of nitrogens with zero attached hydrogens (tertiary/aromatic N) is 1. The van der Waals surface area contributed by atoms with Crippen molar-refractivity contribution in [2.45, 2.75) is 12.6 Å². The molecule has 0 saturated carbocycles. The van der Waals surface area contributed by atoms with Crippen LogP contribution in [0.2, 0.25) is 0 Å². The van der Waals surface area contributed by atoms with Gasteiger partial charge in [-0.3, -0.25) is 4.79 Å². The lowest BCUT2D eigenvalue weighted by Crippen LogP contribution is -2.08. The monoisotopic (exact) mass is 510 g/mol. The molecule has 2 N–H and O–H groups in total. The molecular formula is C27H21F3N2O5. The zero-order valence-electron chi connectivity index (χ0n) is 19.6. The van der Waals surface area contributed by atoms with Crippen molar-refractivity contribution in [2.75, 3.05) is 20.3 Å². The molecule has 7 nitrogen and oxygen atoms in total. The Morgan fingerprint density at radius 2 is 1.84 bits per heavy atom. The van der Waals surface area contributed by atoms with Gasteiger partial charge in [0.15, 0.2) is 17.3 Å². The van der Waals surface area contributed by atoms with E-state index in [9.17, 15) is 18.0 Å². The second kappa shape index (κ2) is 10.6. The third-order valence-electron chi connectivity index (χ3n) is 5.38. The number of hydrogen-bond acceptors (Lipinski definition) is 7. The van der Waals surface area contributed by atoms with Crippen molar-refractivity contribution in [3.8, 4) is 34.8 Å². The number of halogens is 3. The fraction of sp³-hybridized carbons (Fsp3) is 0.185. The van der Waals surface area contributed by atoms with Crippen molar-refractivity contribution in [1.82, 2.24) is 0 Å². The van der Waals surface area contributed by atoms with Crippen LogP contribution in [-0.2, 0) is 6.18 Å². The minimum Gasteiger partial charge on any atom is -0.493 e. The Balaban J connectivity index is 1.58. The second-order valence-electron chi connectivity index (χ2n) is 7.92. The predicted octanol–water partition coefficient (Wildman–Crippen LogP) is 5.72. The van der Waals surface area contributed by atoms with Crippen LogP contribution >= 0.6 is 0 Å². The Morgan fingerprint density at radius 3 is 2.54 bits per heavy atom. The lowest BCUT2D eigenvalue weighted by Gasteiger charge is -2.16. The van der Waals surface area contributed by atoms with Crippen molar-refractivity contribution in [3.63, 3.8) is 0 Å². The number of carbonyl (C=O) groups excluding carboxylic acids is 1. The highest BCUT2D eigenvalue weighted by atomic mass is 19.4. The summed E-state index contributed by atoms with van der Waals surface area (Å²) in [6.07, 6.45) is -2.55. The molecule has 190 valence electrons. The Labute approximate surface area is 210 Å². The van der Waals surface area contributed by atoms with E-state index in [0.29, 0.717) is 42.2 Å². The molecule has 37 heavy (non-hydrogen) atoms. The van der Waals surface area contributed by atoms with Crippen LogP contribution in [0.5, 0.6) is 28.7 Å². The molecule has 0 saturated heterocycles. The average molecular weight is 510 g/mol. The predicted molar refractivity (Wildman–Crippen MR) is 128 cm³/mol. The summed E-state index contributed by atoms with van der Waals surface area (Å²) >= 11 is 0. The summed E-state index contributed by atoms with van der Waals surface area (Å²) in [6, 6.07) is 14.1. The number of hydrogen-bond donors (Lipinski definition) is 1. The van der Waals surface area contributed by atoms with E-state index in [1.54, 1.807) is 30.3 Å². The molecule has 0 amide bonds. The van der Waals surface area contributed by atoms with Crippen molar-refractivity contribution in [1.29, 1.82) is 5.26 Å². The van der Waals surface area contributed by atoms with Gasteiger partial charge in [-0.1, -0.05) is 6.07 Å². The van der Waals surface area contributed by atoms with E-state index in [4.69, 9.17) is 29.9 Å². The largest absolute Gasteiger partial charge is 0.493 e. The van der Waals surface area contributed by atoms with Gasteiger partial charge < -0.3 is 24.7 Å². The molecule has 0 fully saturated rings. The van der Waals surface area contributed by atoms with Gasteiger partial charge in [0.1, 0.15) is 17.2 Å². The third-order valence-corrected chi connectivity index (χ3v) is 5.38. The molecule has 4 rings (SSSR count). The average Bonchev–Trinajstić information content (AvgIpc) is 3.18. The zero-order chi connectivity index (χ0) is 26.6. The van der Waals surface area contributed by atoms with Crippen molar-refractivity contribution in [3.05, 3.63) is 82.6 Å². The molecule has 0 bridgehead atoms. The molecule has 0 spiro atoms. The van der Waals surface area contributed by atoms with Gasteiger partial charge in [-0.05, 0) is 67.1 Å². The van der Waals surface area contributed by atoms with Gasteiger partial charge in [0.05, 0.1) is 36.5 Å². The summed E-state index contributed by atoms with van der Waals surface area (Å²) in [5, 5.41) is 8.94. The summed E-state index contributed by atoms with van der Waals surface area (Å²) in [7, 11) is 1.34. The SMILES string of the molecule is COc1cc(C=C2Oc3cc(OCCCN)ccc3C2=O)ccc1Oc1ccc(C#N)cc1C(F)(F)F. The lowest BCUT2D eigenvalue weighted by atomic mass is 10.1. The summed E-state index contributed by atoms with van der Waals surface area (Å²) < 4.78 is 62.7. The number of nitrogens with two attached hydrogens (primary N) is 1. The fourth-order valence-corrected chi connectivity index (χ4v) is 3.57. The molecule has 0 radical (unpaired) electrons. The van der Waals surface area contributed by atoms with Crippen molar-refractivity contribution < 1.29 is 36.9 Å². The van der Waals surface area contributed by atoms with Crippen LogP contribution < -0.4 is 24.7 Å². The standard InChI is InChI=1S/C27H21F3N2O5/c1-34-24-12-16(3-8-22(24)36-21-7-4-17(15-32)11-20(21)27(28,29)30)13-25-26(33)19-6-5-18(14-23(19)37-25)35-10-2-9-31/h3-8,11-14H,2,9-10,31H2,1H3. The van der Waals surface area contributed by atoms with Crippen molar-refractivity contribution >= 4 is 11.9 Å². The van der Waals surface area contributed by atoms with Crippen LogP contribution in [0, 0.1) is 11.3 Å². The maximum Gasteiger partial charge on any atom is 0.420 e. The second-order valence-corrected chi connectivity index (χ2v) is 7.92. The number of carbonyl (C=O) groups is 1. The first kappa shape index (κ1) is 25.6. The van der Waals surface area contributed by atoms with E-state index >= 15 is 0 Å². The quantitative estimate of drug-likeness (QED) is 0.305. The summed E-state index contributed by atoms with van der Waals surface area (Å²) in [5.74, 6) is 0.308. The van der Waals surface area contributed by atoms with E-state index < -0.39 is 17.5 Å². The Bertz CT molecular complexity index is 1410. The summed E-state index contributed by atoms with van der Waals surface area (Å²) in [4.78, 5) is 12.8. The highest BCUT2D eigenvalue weighted by Gasteiger charge is 2.35. The molecule has 3 aromatic carbocycles. The molecule has 0 aromatic heterocycles. The number of fused-ring (bicyclic) bond motifs is 1. The van der Waals surface area contributed by atoms with Crippen LogP contribution in [0.1, 0.15) is 33.5 Å². The first-order valence-electron chi connectivity index (χ1n) is 11.1. The number of Topliss-reactive ketones (excluding diaryl/α,β-unsaturated/α-hetero) is 1. The minimum absolute atomic E-state index is 0.0149. The van der Waals surface area contributed by atoms with E-state index in [1.807, 2.05) is 0 Å². The zero-order valence-corrected chi connectivity index (χ0v) is 19.6. The highest BCUT2D eigenvalue weighted by molar-refractivity contribution is 6.14. The highest BCUT2D eigenvalue weighted by Crippen LogP contribution is 2.41. The summed E-state index contributed by atoms with van der Waals surface area (Å²) in [5.41, 5.74) is 5.10. The maximum atomic E-state index is 13.5. The van der Waals surface area contributed by atoms with Gasteiger partial charge in [-0.15, -0.1) is 0 Å². The molecule has 0 unspecified atom stereocenters. The maximum absolute atomic E-state index is 13.5. The van der Waals surface area contributed by atoms with Crippen LogP contribution in [0.4, 0.5) is 13.2 Å². The van der Waals surface area contributed by atoms with E-state index in [2.05, 4.69) is 0 Å². The number of alkyl halides is 3. The number of allylic oxidation sites excluding steroid dienone is 1. The van der Waals surface area contributed by atoms with E-state index in [1.165, 1.54) is 31.4 Å². The number of nitriles is 1. The molecular weight excluding hydrogens is 489 g/mol. The molecule has 1 heterocycles. The van der Waals surface area contributed by atoms with Crippen LogP contribution in [-0.4, -0.2) is 26.0 Å². The lowest BCUT2D eigenvalue weighted by molar-refractivity contribution is -0.138. The topological polar surface area (TPSA) is 104 Å². The number of methoxy groups -OCH3 is 1.